The summed E-state index contributed by atoms with van der Waals surface area (Å²) in [6.07, 6.45) is 0. The molecule has 0 unspecified atom stereocenters. The van der Waals surface area contributed by atoms with E-state index in [1.807, 2.05) is 13.8 Å². The number of benzene rings is 1. The Balaban J connectivity index is 2.28. The van der Waals surface area contributed by atoms with Gasteiger partial charge in [0, 0.05) is 18.8 Å². The minimum atomic E-state index is -0.244. The fourth-order valence-electron chi connectivity index (χ4n) is 2.14. The van der Waals surface area contributed by atoms with Crippen LogP contribution < -0.4 is 15.0 Å². The van der Waals surface area contributed by atoms with Crippen molar-refractivity contribution in [1.82, 2.24) is 0 Å². The number of carbonyl (C=O) groups is 2. The lowest BCUT2D eigenvalue weighted by Crippen LogP contribution is -2.43. The van der Waals surface area contributed by atoms with Crippen LogP contribution in [0.5, 0.6) is 5.75 Å². The highest BCUT2D eigenvalue weighted by Gasteiger charge is 2.27. The van der Waals surface area contributed by atoms with E-state index in [4.69, 9.17) is 9.47 Å². The SMILES string of the molecule is COCC(=O)Nc1ccc2c(c1)N(C(C)C)C(=O)CO2. The van der Waals surface area contributed by atoms with E-state index in [1.54, 1.807) is 23.1 Å². The van der Waals surface area contributed by atoms with Crippen LogP contribution >= 0.6 is 0 Å². The Kier molecular flexibility index (Phi) is 4.24. The molecule has 1 aromatic carbocycles. The molecule has 6 heteroatoms. The van der Waals surface area contributed by atoms with E-state index < -0.39 is 0 Å². The summed E-state index contributed by atoms with van der Waals surface area (Å²) in [7, 11) is 1.46. The Labute approximate surface area is 117 Å². The molecule has 1 N–H and O–H groups in total. The van der Waals surface area contributed by atoms with Crippen LogP contribution in [0.4, 0.5) is 11.4 Å². The Bertz CT molecular complexity index is 528. The topological polar surface area (TPSA) is 67.9 Å². The number of nitrogens with zero attached hydrogens (tertiary/aromatic N) is 1. The van der Waals surface area contributed by atoms with E-state index in [2.05, 4.69) is 5.32 Å². The Morgan fingerprint density at radius 1 is 1.50 bits per heavy atom. The number of rotatable bonds is 4. The number of carbonyl (C=O) groups excluding carboxylic acids is 2. The maximum atomic E-state index is 11.9. The highest BCUT2D eigenvalue weighted by atomic mass is 16.5. The second-order valence-electron chi connectivity index (χ2n) is 4.81. The van der Waals surface area contributed by atoms with Crippen LogP contribution in [-0.2, 0) is 14.3 Å². The third kappa shape index (κ3) is 2.91. The van der Waals surface area contributed by atoms with E-state index in [9.17, 15) is 9.59 Å². The van der Waals surface area contributed by atoms with Gasteiger partial charge in [0.15, 0.2) is 6.61 Å². The van der Waals surface area contributed by atoms with Crippen molar-refractivity contribution in [1.29, 1.82) is 0 Å². The predicted octanol–water partition coefficient (Wildman–Crippen LogP) is 1.41. The average Bonchev–Trinajstić information content (AvgIpc) is 2.38. The molecule has 0 atom stereocenters. The molecule has 108 valence electrons. The number of nitrogens with one attached hydrogen (secondary N) is 1. The largest absolute Gasteiger partial charge is 0.482 e. The summed E-state index contributed by atoms with van der Waals surface area (Å²) in [6.45, 7) is 3.90. The van der Waals surface area contributed by atoms with E-state index in [-0.39, 0.29) is 31.1 Å². The molecular formula is C14H18N2O4. The zero-order valence-corrected chi connectivity index (χ0v) is 11.8. The second-order valence-corrected chi connectivity index (χ2v) is 4.81. The van der Waals surface area contributed by atoms with Gasteiger partial charge in [0.05, 0.1) is 5.69 Å². The number of ether oxygens (including phenoxy) is 2. The van der Waals surface area contributed by atoms with E-state index in [0.29, 0.717) is 17.1 Å². The van der Waals surface area contributed by atoms with Crippen molar-refractivity contribution in [3.05, 3.63) is 18.2 Å². The van der Waals surface area contributed by atoms with Gasteiger partial charge >= 0.3 is 0 Å². The lowest BCUT2D eigenvalue weighted by Gasteiger charge is -2.32. The predicted molar refractivity (Wildman–Crippen MR) is 75.1 cm³/mol. The van der Waals surface area contributed by atoms with Crippen LogP contribution in [0.25, 0.3) is 0 Å². The number of amides is 2. The van der Waals surface area contributed by atoms with Crippen LogP contribution in [0.2, 0.25) is 0 Å². The van der Waals surface area contributed by atoms with Crippen molar-refractivity contribution in [2.45, 2.75) is 19.9 Å². The molecule has 6 nitrogen and oxygen atoms in total. The average molecular weight is 278 g/mol. The molecule has 1 aliphatic rings. The molecule has 1 aliphatic heterocycles. The van der Waals surface area contributed by atoms with Gasteiger partial charge in [-0.05, 0) is 32.0 Å². The molecule has 1 heterocycles. The molecule has 1 aromatic rings. The van der Waals surface area contributed by atoms with Gasteiger partial charge in [0.1, 0.15) is 12.4 Å². The first-order chi connectivity index (χ1) is 9.52. The lowest BCUT2D eigenvalue weighted by atomic mass is 10.1. The van der Waals surface area contributed by atoms with E-state index >= 15 is 0 Å². The van der Waals surface area contributed by atoms with Crippen LogP contribution in [0.3, 0.4) is 0 Å². The summed E-state index contributed by atoms with van der Waals surface area (Å²) in [4.78, 5) is 25.1. The van der Waals surface area contributed by atoms with Gasteiger partial charge in [-0.2, -0.15) is 0 Å². The Morgan fingerprint density at radius 3 is 2.90 bits per heavy atom. The van der Waals surface area contributed by atoms with Crippen molar-refractivity contribution in [2.24, 2.45) is 0 Å². The van der Waals surface area contributed by atoms with Crippen LogP contribution in [0, 0.1) is 0 Å². The molecule has 2 amide bonds. The molecule has 20 heavy (non-hydrogen) atoms. The fraction of sp³-hybridized carbons (Fsp3) is 0.429. The first-order valence-electron chi connectivity index (χ1n) is 6.40. The zero-order chi connectivity index (χ0) is 14.7. The van der Waals surface area contributed by atoms with Gasteiger partial charge in [0.2, 0.25) is 5.91 Å². The van der Waals surface area contributed by atoms with Gasteiger partial charge in [-0.1, -0.05) is 0 Å². The normalized spacial score (nSPS) is 14.0. The number of hydrogen-bond donors (Lipinski definition) is 1. The maximum Gasteiger partial charge on any atom is 0.265 e. The number of methoxy groups -OCH3 is 1. The van der Waals surface area contributed by atoms with Gasteiger partial charge in [-0.25, -0.2) is 0 Å². The molecule has 0 saturated carbocycles. The molecule has 0 fully saturated rings. The molecular weight excluding hydrogens is 260 g/mol. The van der Waals surface area contributed by atoms with E-state index in [1.165, 1.54) is 7.11 Å². The van der Waals surface area contributed by atoms with Gasteiger partial charge < -0.3 is 19.7 Å². The molecule has 0 aliphatic carbocycles. The summed E-state index contributed by atoms with van der Waals surface area (Å²) in [6, 6.07) is 5.25. The number of fused-ring (bicyclic) bond motifs is 1. The van der Waals surface area contributed by atoms with Crippen molar-refractivity contribution in [2.75, 3.05) is 30.5 Å². The summed E-state index contributed by atoms with van der Waals surface area (Å²) in [5.74, 6) is 0.308. The van der Waals surface area contributed by atoms with Crippen molar-refractivity contribution < 1.29 is 19.1 Å². The molecule has 0 spiro atoms. The Hall–Kier alpha value is -2.08. The van der Waals surface area contributed by atoms with Gasteiger partial charge in [0.25, 0.3) is 5.91 Å². The quantitative estimate of drug-likeness (QED) is 0.904. The minimum absolute atomic E-state index is 0.0135. The maximum absolute atomic E-state index is 11.9. The van der Waals surface area contributed by atoms with E-state index in [0.717, 1.165) is 0 Å². The lowest BCUT2D eigenvalue weighted by molar-refractivity contribution is -0.121. The third-order valence-electron chi connectivity index (χ3n) is 2.91. The second kappa shape index (κ2) is 5.92. The molecule has 0 radical (unpaired) electrons. The highest BCUT2D eigenvalue weighted by molar-refractivity contribution is 6.00. The fourth-order valence-corrected chi connectivity index (χ4v) is 2.14. The first kappa shape index (κ1) is 14.3. The molecule has 2 rings (SSSR count). The van der Waals surface area contributed by atoms with Gasteiger partial charge in [-0.3, -0.25) is 9.59 Å². The number of anilines is 2. The Morgan fingerprint density at radius 2 is 2.25 bits per heavy atom. The van der Waals surface area contributed by atoms with Crippen molar-refractivity contribution >= 4 is 23.2 Å². The first-order valence-corrected chi connectivity index (χ1v) is 6.40. The monoisotopic (exact) mass is 278 g/mol. The van der Waals surface area contributed by atoms with Gasteiger partial charge in [-0.15, -0.1) is 0 Å². The highest BCUT2D eigenvalue weighted by Crippen LogP contribution is 2.35. The van der Waals surface area contributed by atoms with Crippen LogP contribution in [0.1, 0.15) is 13.8 Å². The summed E-state index contributed by atoms with van der Waals surface area (Å²) in [5, 5.41) is 2.71. The summed E-state index contributed by atoms with van der Waals surface area (Å²) < 4.78 is 10.2. The summed E-state index contributed by atoms with van der Waals surface area (Å²) in [5.41, 5.74) is 1.28. The third-order valence-corrected chi connectivity index (χ3v) is 2.91. The molecule has 0 saturated heterocycles. The van der Waals surface area contributed by atoms with Crippen LogP contribution in [0.15, 0.2) is 18.2 Å². The molecule has 0 aromatic heterocycles. The zero-order valence-electron chi connectivity index (χ0n) is 11.8. The molecule has 0 bridgehead atoms. The minimum Gasteiger partial charge on any atom is -0.482 e. The summed E-state index contributed by atoms with van der Waals surface area (Å²) >= 11 is 0. The van der Waals surface area contributed by atoms with Crippen molar-refractivity contribution in [3.8, 4) is 5.75 Å². The number of hydrogen-bond acceptors (Lipinski definition) is 4. The standard InChI is InChI=1S/C14H18N2O4/c1-9(2)16-11-6-10(15-13(17)7-19-3)4-5-12(11)20-8-14(16)18/h4-6,9H,7-8H2,1-3H3,(H,15,17). The smallest absolute Gasteiger partial charge is 0.265 e. The van der Waals surface area contributed by atoms with Crippen molar-refractivity contribution in [3.63, 3.8) is 0 Å². The van der Waals surface area contributed by atoms with Crippen LogP contribution in [-0.4, -0.2) is 38.2 Å².